The third kappa shape index (κ3) is 2.70. The van der Waals surface area contributed by atoms with Gasteiger partial charge in [-0.1, -0.05) is 13.8 Å². The Bertz CT molecular complexity index is 452. The molecular formula is C11H16N4O. The van der Waals surface area contributed by atoms with Gasteiger partial charge in [-0.25, -0.2) is 4.52 Å². The zero-order chi connectivity index (χ0) is 11.4. The molecule has 0 atom stereocenters. The Kier molecular flexibility index (Phi) is 3.36. The highest BCUT2D eigenvalue weighted by Gasteiger charge is 1.99. The Hall–Kier alpha value is -1.62. The lowest BCUT2D eigenvalue weighted by atomic mass is 10.4. The molecule has 86 valence electrons. The first-order valence-electron chi connectivity index (χ1n) is 5.42. The highest BCUT2D eigenvalue weighted by atomic mass is 16.5. The molecule has 5 nitrogen and oxygen atoms in total. The van der Waals surface area contributed by atoms with Crippen molar-refractivity contribution in [3.8, 4) is 5.88 Å². The van der Waals surface area contributed by atoms with E-state index >= 15 is 0 Å². The molecule has 0 amide bonds. The number of ether oxygens (including phenoxy) is 1. The van der Waals surface area contributed by atoms with E-state index in [2.05, 4.69) is 29.2 Å². The van der Waals surface area contributed by atoms with Gasteiger partial charge in [0.15, 0.2) is 5.65 Å². The van der Waals surface area contributed by atoms with E-state index in [0.29, 0.717) is 18.5 Å². The monoisotopic (exact) mass is 220 g/mol. The molecule has 0 aliphatic carbocycles. The zero-order valence-electron chi connectivity index (χ0n) is 9.55. The summed E-state index contributed by atoms with van der Waals surface area (Å²) >= 11 is 0. The molecule has 0 unspecified atom stereocenters. The minimum Gasteiger partial charge on any atom is -0.476 e. The molecule has 0 fully saturated rings. The SMILES string of the molecule is CC(C)NCCOc1ccn2nccc2n1. The maximum Gasteiger partial charge on any atom is 0.216 e. The number of rotatable bonds is 5. The fraction of sp³-hybridized carbons (Fsp3) is 0.455. The average molecular weight is 220 g/mol. The van der Waals surface area contributed by atoms with Gasteiger partial charge < -0.3 is 10.1 Å². The number of fused-ring (bicyclic) bond motifs is 1. The Balaban J connectivity index is 1.89. The fourth-order valence-electron chi connectivity index (χ4n) is 1.38. The summed E-state index contributed by atoms with van der Waals surface area (Å²) in [7, 11) is 0. The molecule has 5 heteroatoms. The maximum atomic E-state index is 5.52. The second kappa shape index (κ2) is 4.94. The summed E-state index contributed by atoms with van der Waals surface area (Å²) in [5, 5.41) is 7.34. The highest BCUT2D eigenvalue weighted by molar-refractivity contribution is 5.37. The van der Waals surface area contributed by atoms with Crippen molar-refractivity contribution in [2.45, 2.75) is 19.9 Å². The van der Waals surface area contributed by atoms with Crippen molar-refractivity contribution in [2.75, 3.05) is 13.2 Å². The average Bonchev–Trinajstić information content (AvgIpc) is 2.71. The summed E-state index contributed by atoms with van der Waals surface area (Å²) in [4.78, 5) is 4.30. The summed E-state index contributed by atoms with van der Waals surface area (Å²) in [6, 6.07) is 4.14. The van der Waals surface area contributed by atoms with Gasteiger partial charge in [0.1, 0.15) is 6.61 Å². The lowest BCUT2D eigenvalue weighted by Crippen LogP contribution is -2.27. The Morgan fingerprint density at radius 1 is 1.44 bits per heavy atom. The molecule has 2 aromatic rings. The normalized spacial score (nSPS) is 11.2. The highest BCUT2D eigenvalue weighted by Crippen LogP contribution is 2.07. The number of hydrogen-bond donors (Lipinski definition) is 1. The van der Waals surface area contributed by atoms with Gasteiger partial charge in [0.25, 0.3) is 0 Å². The van der Waals surface area contributed by atoms with E-state index in [0.717, 1.165) is 12.2 Å². The molecule has 0 aromatic carbocycles. The van der Waals surface area contributed by atoms with Crippen LogP contribution in [-0.2, 0) is 0 Å². The summed E-state index contributed by atoms with van der Waals surface area (Å²) in [5.41, 5.74) is 0.800. The molecule has 1 N–H and O–H groups in total. The molecule has 0 saturated carbocycles. The third-order valence-corrected chi connectivity index (χ3v) is 2.14. The van der Waals surface area contributed by atoms with E-state index in [-0.39, 0.29) is 0 Å². The Morgan fingerprint density at radius 2 is 2.31 bits per heavy atom. The third-order valence-electron chi connectivity index (χ3n) is 2.14. The molecule has 0 bridgehead atoms. The van der Waals surface area contributed by atoms with E-state index in [1.807, 2.05) is 18.3 Å². The van der Waals surface area contributed by atoms with Crippen LogP contribution >= 0.6 is 0 Å². The van der Waals surface area contributed by atoms with Gasteiger partial charge in [-0.3, -0.25) is 0 Å². The van der Waals surface area contributed by atoms with Crippen LogP contribution in [0.15, 0.2) is 24.5 Å². The standard InChI is InChI=1S/C11H16N4O/c1-9(2)12-6-8-16-11-4-7-15-10(14-11)3-5-13-15/h3-5,7,9,12H,6,8H2,1-2H3. The van der Waals surface area contributed by atoms with Crippen LogP contribution in [0.2, 0.25) is 0 Å². The van der Waals surface area contributed by atoms with Gasteiger partial charge in [0.05, 0.1) is 6.20 Å². The fourth-order valence-corrected chi connectivity index (χ4v) is 1.38. The van der Waals surface area contributed by atoms with Crippen molar-refractivity contribution >= 4 is 5.65 Å². The van der Waals surface area contributed by atoms with Crippen molar-refractivity contribution in [3.05, 3.63) is 24.5 Å². The van der Waals surface area contributed by atoms with Gasteiger partial charge in [0.2, 0.25) is 5.88 Å². The van der Waals surface area contributed by atoms with Gasteiger partial charge in [-0.05, 0) is 0 Å². The Morgan fingerprint density at radius 3 is 3.12 bits per heavy atom. The number of nitrogens with zero attached hydrogens (tertiary/aromatic N) is 3. The van der Waals surface area contributed by atoms with Crippen LogP contribution in [0.5, 0.6) is 5.88 Å². The van der Waals surface area contributed by atoms with Crippen molar-refractivity contribution in [1.82, 2.24) is 19.9 Å². The molecule has 0 saturated heterocycles. The van der Waals surface area contributed by atoms with Gasteiger partial charge in [-0.2, -0.15) is 10.1 Å². The summed E-state index contributed by atoms with van der Waals surface area (Å²) < 4.78 is 7.23. The van der Waals surface area contributed by atoms with Crippen molar-refractivity contribution < 1.29 is 4.74 Å². The van der Waals surface area contributed by atoms with Gasteiger partial charge >= 0.3 is 0 Å². The van der Waals surface area contributed by atoms with E-state index in [1.165, 1.54) is 0 Å². The van der Waals surface area contributed by atoms with E-state index in [1.54, 1.807) is 10.7 Å². The van der Waals surface area contributed by atoms with Crippen molar-refractivity contribution in [2.24, 2.45) is 0 Å². The summed E-state index contributed by atoms with van der Waals surface area (Å²) in [6.45, 7) is 5.66. The van der Waals surface area contributed by atoms with Crippen molar-refractivity contribution in [1.29, 1.82) is 0 Å². The van der Waals surface area contributed by atoms with E-state index < -0.39 is 0 Å². The lowest BCUT2D eigenvalue weighted by Gasteiger charge is -2.08. The molecule has 0 spiro atoms. The van der Waals surface area contributed by atoms with Crippen LogP contribution in [0.3, 0.4) is 0 Å². The minimum atomic E-state index is 0.480. The second-order valence-electron chi connectivity index (χ2n) is 3.86. The van der Waals surface area contributed by atoms with Crippen LogP contribution in [-0.4, -0.2) is 33.8 Å². The number of aromatic nitrogens is 3. The van der Waals surface area contributed by atoms with Crippen molar-refractivity contribution in [3.63, 3.8) is 0 Å². The van der Waals surface area contributed by atoms with Gasteiger partial charge in [-0.15, -0.1) is 0 Å². The molecule has 0 aliphatic heterocycles. The first-order chi connectivity index (χ1) is 7.75. The predicted molar refractivity (Wildman–Crippen MR) is 61.6 cm³/mol. The second-order valence-corrected chi connectivity index (χ2v) is 3.86. The summed E-state index contributed by atoms with van der Waals surface area (Å²) in [6.07, 6.45) is 3.56. The van der Waals surface area contributed by atoms with Crippen LogP contribution in [0.4, 0.5) is 0 Å². The quantitative estimate of drug-likeness (QED) is 0.767. The topological polar surface area (TPSA) is 51.5 Å². The van der Waals surface area contributed by atoms with Crippen LogP contribution in [0.25, 0.3) is 5.65 Å². The molecule has 2 heterocycles. The summed E-state index contributed by atoms with van der Waals surface area (Å²) in [5.74, 6) is 0.638. The Labute approximate surface area is 94.4 Å². The molecule has 0 aliphatic rings. The number of hydrogen-bond acceptors (Lipinski definition) is 4. The first-order valence-corrected chi connectivity index (χ1v) is 5.42. The molecular weight excluding hydrogens is 204 g/mol. The largest absolute Gasteiger partial charge is 0.476 e. The predicted octanol–water partition coefficient (Wildman–Crippen LogP) is 1.11. The van der Waals surface area contributed by atoms with E-state index in [9.17, 15) is 0 Å². The smallest absolute Gasteiger partial charge is 0.216 e. The minimum absolute atomic E-state index is 0.480. The zero-order valence-corrected chi connectivity index (χ0v) is 9.55. The van der Waals surface area contributed by atoms with Crippen LogP contribution < -0.4 is 10.1 Å². The molecule has 16 heavy (non-hydrogen) atoms. The molecule has 2 rings (SSSR count). The maximum absolute atomic E-state index is 5.52. The molecule has 0 radical (unpaired) electrons. The van der Waals surface area contributed by atoms with Gasteiger partial charge in [0, 0.05) is 30.9 Å². The van der Waals surface area contributed by atoms with Crippen LogP contribution in [0.1, 0.15) is 13.8 Å². The lowest BCUT2D eigenvalue weighted by molar-refractivity contribution is 0.298. The number of nitrogens with one attached hydrogen (secondary N) is 1. The molecule has 2 aromatic heterocycles. The first kappa shape index (κ1) is 10.9. The van der Waals surface area contributed by atoms with Crippen LogP contribution in [0, 0.1) is 0 Å². The van der Waals surface area contributed by atoms with E-state index in [4.69, 9.17) is 4.74 Å².